The molecule has 0 aliphatic carbocycles. The number of carbonyl (C=O) groups excluding carboxylic acids is 1. The second kappa shape index (κ2) is 4.66. The summed E-state index contributed by atoms with van der Waals surface area (Å²) < 4.78 is 3.60. The molecule has 0 radical (unpaired) electrons. The molecular weight excluding hydrogens is 176 g/mol. The van der Waals surface area contributed by atoms with Gasteiger partial charge in [0.2, 0.25) is 0 Å². The van der Waals surface area contributed by atoms with Crippen molar-refractivity contribution >= 4 is 22.6 Å². The van der Waals surface area contributed by atoms with E-state index in [4.69, 9.17) is 0 Å². The van der Waals surface area contributed by atoms with Crippen LogP contribution in [0.25, 0.3) is 0 Å². The number of aromatic nitrogens is 2. The molecule has 2 amide bonds. The summed E-state index contributed by atoms with van der Waals surface area (Å²) in [7, 11) is 0. The molecule has 1 rings (SSSR count). The largest absolute Gasteiger partial charge is 0.338 e. The first kappa shape index (κ1) is 8.92. The van der Waals surface area contributed by atoms with Crippen molar-refractivity contribution in [2.45, 2.75) is 13.3 Å². The monoisotopic (exact) mass is 186 g/mol. The molecule has 0 bridgehead atoms. The lowest BCUT2D eigenvalue weighted by Gasteiger charge is -2.01. The summed E-state index contributed by atoms with van der Waals surface area (Å²) in [5, 5.41) is 9.51. The fourth-order valence-corrected chi connectivity index (χ4v) is 1.03. The number of hydrogen-bond donors (Lipinski definition) is 2. The highest BCUT2D eigenvalue weighted by molar-refractivity contribution is 7.10. The van der Waals surface area contributed by atoms with Gasteiger partial charge >= 0.3 is 6.03 Å². The van der Waals surface area contributed by atoms with Crippen molar-refractivity contribution in [2.75, 3.05) is 11.9 Å². The number of urea groups is 1. The van der Waals surface area contributed by atoms with Crippen LogP contribution in [-0.2, 0) is 0 Å². The molecule has 1 aromatic heterocycles. The van der Waals surface area contributed by atoms with E-state index in [0.717, 1.165) is 18.0 Å². The fraction of sp³-hybridized carbons (Fsp3) is 0.500. The van der Waals surface area contributed by atoms with Crippen LogP contribution in [0.5, 0.6) is 0 Å². The molecule has 66 valence electrons. The average molecular weight is 186 g/mol. The second-order valence-electron chi connectivity index (χ2n) is 2.16. The van der Waals surface area contributed by atoms with E-state index < -0.39 is 0 Å². The van der Waals surface area contributed by atoms with E-state index >= 15 is 0 Å². The molecule has 0 spiro atoms. The van der Waals surface area contributed by atoms with Gasteiger partial charge in [-0.1, -0.05) is 11.4 Å². The number of rotatable bonds is 3. The molecule has 12 heavy (non-hydrogen) atoms. The van der Waals surface area contributed by atoms with Crippen LogP contribution in [-0.4, -0.2) is 22.2 Å². The van der Waals surface area contributed by atoms with Gasteiger partial charge in [0.1, 0.15) is 5.00 Å². The van der Waals surface area contributed by atoms with Gasteiger partial charge in [0.25, 0.3) is 0 Å². The Balaban J connectivity index is 2.27. The Morgan fingerprint density at radius 1 is 1.75 bits per heavy atom. The van der Waals surface area contributed by atoms with Gasteiger partial charge < -0.3 is 5.32 Å². The van der Waals surface area contributed by atoms with E-state index in [9.17, 15) is 4.79 Å². The maximum absolute atomic E-state index is 11.0. The van der Waals surface area contributed by atoms with Gasteiger partial charge in [0, 0.05) is 18.1 Å². The van der Waals surface area contributed by atoms with Crippen LogP contribution in [0.1, 0.15) is 13.3 Å². The zero-order chi connectivity index (χ0) is 8.81. The smallest absolute Gasteiger partial charge is 0.319 e. The van der Waals surface area contributed by atoms with Crippen LogP contribution in [0.3, 0.4) is 0 Å². The van der Waals surface area contributed by atoms with E-state index in [1.165, 1.54) is 6.20 Å². The van der Waals surface area contributed by atoms with Gasteiger partial charge in [-0.2, -0.15) is 0 Å². The Bertz CT molecular complexity index is 236. The van der Waals surface area contributed by atoms with Crippen molar-refractivity contribution in [3.05, 3.63) is 6.20 Å². The van der Waals surface area contributed by atoms with E-state index in [1.807, 2.05) is 6.92 Å². The highest BCUT2D eigenvalue weighted by Gasteiger charge is 2.00. The van der Waals surface area contributed by atoms with Gasteiger partial charge in [0.15, 0.2) is 0 Å². The maximum Gasteiger partial charge on any atom is 0.319 e. The molecule has 0 saturated carbocycles. The Hall–Kier alpha value is -1.17. The molecule has 1 heterocycles. The van der Waals surface area contributed by atoms with Crippen LogP contribution in [0.15, 0.2) is 6.20 Å². The normalized spacial score (nSPS) is 9.42. The number of amides is 2. The molecule has 0 aromatic carbocycles. The van der Waals surface area contributed by atoms with E-state index in [1.54, 1.807) is 0 Å². The van der Waals surface area contributed by atoms with Crippen LogP contribution >= 0.6 is 11.5 Å². The average Bonchev–Trinajstić information content (AvgIpc) is 2.53. The van der Waals surface area contributed by atoms with Crippen LogP contribution in [0.4, 0.5) is 9.80 Å². The highest BCUT2D eigenvalue weighted by Crippen LogP contribution is 2.07. The lowest BCUT2D eigenvalue weighted by Crippen LogP contribution is -2.28. The summed E-state index contributed by atoms with van der Waals surface area (Å²) in [6, 6.07) is -0.206. The standard InChI is InChI=1S/C6H10N4OS/c1-2-3-7-6(11)9-5-4-8-10-12-5/h4H,2-3H2,1H3,(H2,7,9,11). The second-order valence-corrected chi connectivity index (χ2v) is 2.95. The minimum atomic E-state index is -0.206. The SMILES string of the molecule is CCCNC(=O)Nc1cnns1. The van der Waals surface area contributed by atoms with Gasteiger partial charge in [-0.3, -0.25) is 5.32 Å². The predicted octanol–water partition coefficient (Wildman–Crippen LogP) is 1.07. The van der Waals surface area contributed by atoms with Gasteiger partial charge in [-0.05, 0) is 6.42 Å². The van der Waals surface area contributed by atoms with Crippen molar-refractivity contribution in [3.63, 3.8) is 0 Å². The molecule has 5 nitrogen and oxygen atoms in total. The third kappa shape index (κ3) is 2.83. The molecule has 0 atom stereocenters. The molecule has 0 unspecified atom stereocenters. The van der Waals surface area contributed by atoms with E-state index in [-0.39, 0.29) is 6.03 Å². The van der Waals surface area contributed by atoms with Gasteiger partial charge in [0.05, 0.1) is 6.20 Å². The lowest BCUT2D eigenvalue weighted by molar-refractivity contribution is 0.252. The topological polar surface area (TPSA) is 66.9 Å². The summed E-state index contributed by atoms with van der Waals surface area (Å²) in [4.78, 5) is 11.0. The molecule has 6 heteroatoms. The van der Waals surface area contributed by atoms with Crippen molar-refractivity contribution in [1.82, 2.24) is 14.9 Å². The van der Waals surface area contributed by atoms with E-state index in [2.05, 4.69) is 20.2 Å². The van der Waals surface area contributed by atoms with Crippen molar-refractivity contribution < 1.29 is 4.79 Å². The Morgan fingerprint density at radius 2 is 2.58 bits per heavy atom. The molecule has 2 N–H and O–H groups in total. The summed E-state index contributed by atoms with van der Waals surface area (Å²) in [6.45, 7) is 2.67. The first-order valence-corrected chi connectivity index (χ1v) is 4.42. The van der Waals surface area contributed by atoms with Gasteiger partial charge in [-0.25, -0.2) is 4.79 Å². The Kier molecular flexibility index (Phi) is 3.46. The molecule has 0 fully saturated rings. The number of carbonyl (C=O) groups is 1. The zero-order valence-corrected chi connectivity index (χ0v) is 7.52. The molecular formula is C6H10N4OS. The minimum Gasteiger partial charge on any atom is -0.338 e. The Morgan fingerprint density at radius 3 is 3.17 bits per heavy atom. The highest BCUT2D eigenvalue weighted by atomic mass is 32.1. The van der Waals surface area contributed by atoms with Crippen molar-refractivity contribution in [1.29, 1.82) is 0 Å². The lowest BCUT2D eigenvalue weighted by atomic mass is 10.5. The number of nitrogens with zero attached hydrogens (tertiary/aromatic N) is 2. The zero-order valence-electron chi connectivity index (χ0n) is 6.70. The third-order valence-electron chi connectivity index (χ3n) is 1.13. The van der Waals surface area contributed by atoms with Crippen LogP contribution < -0.4 is 10.6 Å². The first-order chi connectivity index (χ1) is 5.83. The minimum absolute atomic E-state index is 0.206. The molecule has 0 aliphatic heterocycles. The van der Waals surface area contributed by atoms with E-state index in [0.29, 0.717) is 11.5 Å². The molecule has 1 aromatic rings. The Labute approximate surface area is 74.3 Å². The molecule has 0 saturated heterocycles. The summed E-state index contributed by atoms with van der Waals surface area (Å²) in [5.74, 6) is 0. The summed E-state index contributed by atoms with van der Waals surface area (Å²) >= 11 is 1.15. The van der Waals surface area contributed by atoms with Gasteiger partial charge in [-0.15, -0.1) is 5.10 Å². The van der Waals surface area contributed by atoms with Crippen LogP contribution in [0.2, 0.25) is 0 Å². The quantitative estimate of drug-likeness (QED) is 0.742. The van der Waals surface area contributed by atoms with Crippen molar-refractivity contribution in [3.8, 4) is 0 Å². The first-order valence-electron chi connectivity index (χ1n) is 3.65. The van der Waals surface area contributed by atoms with Crippen LogP contribution in [0, 0.1) is 0 Å². The third-order valence-corrected chi connectivity index (χ3v) is 1.71. The fourth-order valence-electron chi connectivity index (χ4n) is 0.617. The summed E-state index contributed by atoms with van der Waals surface area (Å²) in [5.41, 5.74) is 0. The van der Waals surface area contributed by atoms with Crippen molar-refractivity contribution in [2.24, 2.45) is 0 Å². The maximum atomic E-state index is 11.0. The predicted molar refractivity (Wildman–Crippen MR) is 47.2 cm³/mol. The molecule has 0 aliphatic rings. The number of anilines is 1. The summed E-state index contributed by atoms with van der Waals surface area (Å²) in [6.07, 6.45) is 2.44. The number of hydrogen-bond acceptors (Lipinski definition) is 4. The number of nitrogens with one attached hydrogen (secondary N) is 2.